The quantitative estimate of drug-likeness (QED) is 0.369. The molecule has 3 aromatic rings. The molecule has 0 atom stereocenters. The number of aromatic nitrogens is 2. The molecule has 3 N–H and O–H groups in total. The number of halogens is 3. The van der Waals surface area contributed by atoms with Gasteiger partial charge in [0, 0.05) is 32.7 Å². The number of methoxy groups -OCH3 is 2. The molecule has 2 fully saturated rings. The van der Waals surface area contributed by atoms with Crippen molar-refractivity contribution in [1.82, 2.24) is 15.3 Å². The van der Waals surface area contributed by atoms with Gasteiger partial charge in [0.25, 0.3) is 11.8 Å². The van der Waals surface area contributed by atoms with E-state index >= 15 is 0 Å². The Morgan fingerprint density at radius 1 is 0.830 bits per heavy atom. The summed E-state index contributed by atoms with van der Waals surface area (Å²) < 4.78 is 59.1. The number of hydrogen-bond donors (Lipinski definition) is 2. The number of nitrogens with two attached hydrogens (primary N) is 1. The molecule has 12 nitrogen and oxygen atoms in total. The number of carbonyl (C=O) groups excluding carboxylic acids is 2. The number of pyridine rings is 2. The lowest BCUT2D eigenvalue weighted by atomic mass is 10.1. The van der Waals surface area contributed by atoms with Crippen molar-refractivity contribution in [2.24, 2.45) is 5.73 Å². The molecule has 0 bridgehead atoms. The van der Waals surface area contributed by atoms with Crippen LogP contribution >= 0.6 is 0 Å². The molecule has 5 rings (SSSR count). The van der Waals surface area contributed by atoms with Gasteiger partial charge in [-0.05, 0) is 54.8 Å². The van der Waals surface area contributed by atoms with Crippen LogP contribution in [0.1, 0.15) is 43.0 Å². The van der Waals surface area contributed by atoms with Gasteiger partial charge in [-0.15, -0.1) is 0 Å². The average molecular weight is 661 g/mol. The zero-order valence-electron chi connectivity index (χ0n) is 26.8. The van der Waals surface area contributed by atoms with E-state index in [-0.39, 0.29) is 18.3 Å². The smallest absolute Gasteiger partial charge is 0.416 e. The van der Waals surface area contributed by atoms with Crippen LogP contribution in [0.2, 0.25) is 0 Å². The summed E-state index contributed by atoms with van der Waals surface area (Å²) in [6, 6.07) is 8.34. The predicted molar refractivity (Wildman–Crippen MR) is 168 cm³/mol. The van der Waals surface area contributed by atoms with Gasteiger partial charge in [0.1, 0.15) is 22.8 Å². The molecule has 2 amide bonds. The van der Waals surface area contributed by atoms with Crippen molar-refractivity contribution in [2.45, 2.75) is 26.6 Å². The Balaban J connectivity index is 0.000000238. The van der Waals surface area contributed by atoms with Crippen LogP contribution < -0.4 is 30.3 Å². The Kier molecular flexibility index (Phi) is 11.8. The number of primary amides is 1. The number of morpholine rings is 2. The molecule has 0 spiro atoms. The van der Waals surface area contributed by atoms with Crippen LogP contribution in [0.15, 0.2) is 36.4 Å². The highest BCUT2D eigenvalue weighted by molar-refractivity contribution is 5.98. The highest BCUT2D eigenvalue weighted by Gasteiger charge is 2.30. The fourth-order valence-electron chi connectivity index (χ4n) is 5.12. The molecule has 4 heterocycles. The van der Waals surface area contributed by atoms with Crippen LogP contribution in [0, 0.1) is 13.8 Å². The summed E-state index contributed by atoms with van der Waals surface area (Å²) in [7, 11) is 2.93. The second-order valence-corrected chi connectivity index (χ2v) is 10.8. The normalized spacial score (nSPS) is 15.0. The second kappa shape index (κ2) is 15.8. The number of rotatable bonds is 8. The highest BCUT2D eigenvalue weighted by atomic mass is 19.4. The van der Waals surface area contributed by atoms with Gasteiger partial charge in [-0.3, -0.25) is 9.59 Å². The number of carbonyl (C=O) groups is 2. The predicted octanol–water partition coefficient (Wildman–Crippen LogP) is 3.52. The molecular weight excluding hydrogens is 621 g/mol. The molecule has 1 aromatic carbocycles. The topological polar surface area (TPSA) is 141 Å². The summed E-state index contributed by atoms with van der Waals surface area (Å²) in [5, 5.41) is 2.71. The Morgan fingerprint density at radius 2 is 1.28 bits per heavy atom. The maximum atomic E-state index is 12.7. The molecule has 0 radical (unpaired) electrons. The van der Waals surface area contributed by atoms with Crippen molar-refractivity contribution < 1.29 is 41.7 Å². The number of anilines is 2. The van der Waals surface area contributed by atoms with E-state index < -0.39 is 23.6 Å². The molecule has 0 aliphatic carbocycles. The third-order valence-corrected chi connectivity index (χ3v) is 7.60. The van der Waals surface area contributed by atoms with E-state index in [1.807, 2.05) is 19.1 Å². The first-order valence-corrected chi connectivity index (χ1v) is 14.9. The Morgan fingerprint density at radius 3 is 1.70 bits per heavy atom. The molecule has 254 valence electrons. The molecule has 47 heavy (non-hydrogen) atoms. The summed E-state index contributed by atoms with van der Waals surface area (Å²) in [6.45, 7) is 9.26. The standard InChI is InChI=1S/C20H22F3N3O3.C12H17N3O3/c1-13-11-16(26-7-9-29-10-8-26)25-19(28-2)17(13)18(27)24-12-14-3-5-15(6-4-14)20(21,22)23;1-8-7-9(15-3-5-18-6-4-15)14-12(17-2)10(8)11(13)16/h3-6,11H,7-10,12H2,1-2H3,(H,24,27);7H,3-6H2,1-2H3,(H2,13,16). The summed E-state index contributed by atoms with van der Waals surface area (Å²) >= 11 is 0. The molecule has 2 aliphatic heterocycles. The maximum Gasteiger partial charge on any atom is 0.416 e. The molecule has 15 heteroatoms. The number of amides is 2. The van der Waals surface area contributed by atoms with Gasteiger partial charge in [-0.1, -0.05) is 12.1 Å². The lowest BCUT2D eigenvalue weighted by Gasteiger charge is -2.28. The average Bonchev–Trinajstić information content (AvgIpc) is 3.07. The van der Waals surface area contributed by atoms with Gasteiger partial charge in [0.15, 0.2) is 0 Å². The highest BCUT2D eigenvalue weighted by Crippen LogP contribution is 2.30. The van der Waals surface area contributed by atoms with Gasteiger partial charge in [0.2, 0.25) is 11.8 Å². The minimum Gasteiger partial charge on any atom is -0.480 e. The van der Waals surface area contributed by atoms with Crippen molar-refractivity contribution in [3.8, 4) is 11.8 Å². The first-order chi connectivity index (χ1) is 22.4. The van der Waals surface area contributed by atoms with Crippen molar-refractivity contribution in [3.05, 3.63) is 69.8 Å². The number of hydrogen-bond acceptors (Lipinski definition) is 10. The maximum absolute atomic E-state index is 12.7. The first-order valence-electron chi connectivity index (χ1n) is 14.9. The van der Waals surface area contributed by atoms with Gasteiger partial charge in [-0.25, -0.2) is 0 Å². The van der Waals surface area contributed by atoms with Gasteiger partial charge in [-0.2, -0.15) is 23.1 Å². The van der Waals surface area contributed by atoms with Gasteiger partial charge < -0.3 is 39.8 Å². The monoisotopic (exact) mass is 660 g/mol. The summed E-state index contributed by atoms with van der Waals surface area (Å²) in [5.41, 5.74) is 7.27. The van der Waals surface area contributed by atoms with Crippen LogP contribution in [0.5, 0.6) is 11.8 Å². The van der Waals surface area contributed by atoms with E-state index in [2.05, 4.69) is 25.1 Å². The second-order valence-electron chi connectivity index (χ2n) is 10.8. The summed E-state index contributed by atoms with van der Waals surface area (Å²) in [5.74, 6) is 1.06. The zero-order chi connectivity index (χ0) is 34.1. The number of nitrogens with one attached hydrogen (secondary N) is 1. The zero-order valence-corrected chi connectivity index (χ0v) is 26.8. The Labute approximate surface area is 271 Å². The Bertz CT molecular complexity index is 1540. The van der Waals surface area contributed by atoms with E-state index in [1.54, 1.807) is 6.92 Å². The molecule has 2 aliphatic rings. The summed E-state index contributed by atoms with van der Waals surface area (Å²) in [4.78, 5) is 37.0. The number of nitrogens with zero attached hydrogens (tertiary/aromatic N) is 4. The minimum atomic E-state index is -4.39. The SMILES string of the molecule is COc1nc(N2CCOCC2)cc(C)c1C(=O)NCc1ccc(C(F)(F)F)cc1.COc1nc(N2CCOCC2)cc(C)c1C(N)=O. The largest absolute Gasteiger partial charge is 0.480 e. The van der Waals surface area contributed by atoms with Gasteiger partial charge >= 0.3 is 6.18 Å². The Hall–Kier alpha value is -4.63. The molecular formula is C32H39F3N6O6. The van der Waals surface area contributed by atoms with Crippen LogP contribution in [0.25, 0.3) is 0 Å². The van der Waals surface area contributed by atoms with Crippen LogP contribution in [0.3, 0.4) is 0 Å². The number of ether oxygens (including phenoxy) is 4. The summed E-state index contributed by atoms with van der Waals surface area (Å²) in [6.07, 6.45) is -4.39. The minimum absolute atomic E-state index is 0.0881. The fraction of sp³-hybridized carbons (Fsp3) is 0.438. The number of benzene rings is 1. The van der Waals surface area contributed by atoms with E-state index in [1.165, 1.54) is 26.4 Å². The van der Waals surface area contributed by atoms with Crippen molar-refractivity contribution in [1.29, 1.82) is 0 Å². The van der Waals surface area contributed by atoms with E-state index in [4.69, 9.17) is 24.7 Å². The lowest BCUT2D eigenvalue weighted by Crippen LogP contribution is -2.37. The van der Waals surface area contributed by atoms with E-state index in [0.29, 0.717) is 67.6 Å². The van der Waals surface area contributed by atoms with Crippen molar-refractivity contribution >= 4 is 23.5 Å². The van der Waals surface area contributed by atoms with E-state index in [9.17, 15) is 22.8 Å². The molecule has 2 saturated heterocycles. The number of alkyl halides is 3. The molecule has 2 aromatic heterocycles. The van der Waals surface area contributed by atoms with Crippen LogP contribution in [0.4, 0.5) is 24.8 Å². The molecule has 0 unspecified atom stereocenters. The van der Waals surface area contributed by atoms with Gasteiger partial charge in [0.05, 0.1) is 46.2 Å². The number of aryl methyl sites for hydroxylation is 2. The molecule has 0 saturated carbocycles. The first kappa shape index (κ1) is 35.2. The lowest BCUT2D eigenvalue weighted by molar-refractivity contribution is -0.137. The van der Waals surface area contributed by atoms with Crippen LogP contribution in [-0.4, -0.2) is 88.6 Å². The van der Waals surface area contributed by atoms with Crippen molar-refractivity contribution in [2.75, 3.05) is 76.6 Å². The third kappa shape index (κ3) is 9.01. The van der Waals surface area contributed by atoms with Crippen LogP contribution in [-0.2, 0) is 22.2 Å². The fourth-order valence-corrected chi connectivity index (χ4v) is 5.12. The van der Waals surface area contributed by atoms with E-state index in [0.717, 1.165) is 36.6 Å². The third-order valence-electron chi connectivity index (χ3n) is 7.60. The van der Waals surface area contributed by atoms with Crippen molar-refractivity contribution in [3.63, 3.8) is 0 Å².